The normalized spacial score (nSPS) is 13.4. The Bertz CT molecular complexity index is 3400. The second-order valence-corrected chi connectivity index (χ2v) is 15.2. The molecule has 0 atom stereocenters. The zero-order chi connectivity index (χ0) is 28.9. The Morgan fingerprint density at radius 1 is 0.356 bits per heavy atom. The highest BCUT2D eigenvalue weighted by molar-refractivity contribution is 7.38. The number of rotatable bonds is 0. The second kappa shape index (κ2) is 7.10. The minimum atomic E-state index is 1.35. The van der Waals surface area contributed by atoms with Gasteiger partial charge in [0, 0.05) is 30.9 Å². The Hall–Kier alpha value is -5.02. The third kappa shape index (κ3) is 2.28. The van der Waals surface area contributed by atoms with E-state index in [0.717, 1.165) is 0 Å². The fourth-order valence-electron chi connectivity index (χ4n) is 9.48. The molecule has 0 saturated carbocycles. The van der Waals surface area contributed by atoms with Crippen LogP contribution in [0.4, 0.5) is 0 Å². The monoisotopic (exact) mass is 600 g/mol. The van der Waals surface area contributed by atoms with E-state index < -0.39 is 0 Å². The predicted octanol–water partition coefficient (Wildman–Crippen LogP) is 12.8. The van der Waals surface area contributed by atoms with E-state index in [1.54, 1.807) is 0 Å². The lowest BCUT2D eigenvalue weighted by molar-refractivity contribution is 1.45. The molecule has 0 aliphatic heterocycles. The molecular weight excluding hydrogens is 581 g/mol. The van der Waals surface area contributed by atoms with Crippen LogP contribution in [0.3, 0.4) is 0 Å². The lowest BCUT2D eigenvalue weighted by atomic mass is 10.00. The number of benzene rings is 7. The van der Waals surface area contributed by atoms with Crippen molar-refractivity contribution in [3.05, 3.63) is 130 Å². The summed E-state index contributed by atoms with van der Waals surface area (Å²) in [6, 6.07) is 39.5. The van der Waals surface area contributed by atoms with Gasteiger partial charge in [-0.25, -0.2) is 0 Å². The Morgan fingerprint density at radius 2 is 0.911 bits per heavy atom. The Morgan fingerprint density at radius 3 is 1.62 bits per heavy atom. The maximum Gasteiger partial charge on any atom is 0.0549 e. The van der Waals surface area contributed by atoms with Gasteiger partial charge in [-0.15, -0.1) is 22.7 Å². The smallest absolute Gasteiger partial charge is 0.0549 e. The van der Waals surface area contributed by atoms with Crippen molar-refractivity contribution in [2.24, 2.45) is 0 Å². The second-order valence-electron chi connectivity index (χ2n) is 13.1. The van der Waals surface area contributed by atoms with E-state index in [4.69, 9.17) is 0 Å². The Balaban J connectivity index is 1.20. The van der Waals surface area contributed by atoms with Gasteiger partial charge >= 0.3 is 0 Å². The molecule has 45 heavy (non-hydrogen) atoms. The lowest BCUT2D eigenvalue weighted by Crippen LogP contribution is -1.83. The van der Waals surface area contributed by atoms with Crippen LogP contribution in [-0.4, -0.2) is 0 Å². The van der Waals surface area contributed by atoms with Crippen molar-refractivity contribution in [3.8, 4) is 22.3 Å². The molecule has 0 amide bonds. The number of aryl methyl sites for hydroxylation is 1. The maximum atomic E-state index is 2.43. The molecule has 2 aromatic heterocycles. The van der Waals surface area contributed by atoms with Crippen molar-refractivity contribution < 1.29 is 0 Å². The molecule has 2 heterocycles. The summed E-state index contributed by atoms with van der Waals surface area (Å²) in [5, 5.41) is 22.8. The molecule has 204 valence electrons. The zero-order valence-corrected chi connectivity index (χ0v) is 25.8. The molecule has 0 saturated heterocycles. The summed E-state index contributed by atoms with van der Waals surface area (Å²) < 4.78 is 5.85. The molecule has 0 N–H and O–H groups in total. The summed E-state index contributed by atoms with van der Waals surface area (Å²) in [5.74, 6) is 0. The third-order valence-electron chi connectivity index (χ3n) is 11.2. The van der Waals surface area contributed by atoms with E-state index in [2.05, 4.69) is 110 Å². The summed E-state index contributed by atoms with van der Waals surface area (Å²) >= 11 is 4.05. The Kier molecular flexibility index (Phi) is 3.55. The molecule has 11 aromatic rings. The van der Waals surface area contributed by atoms with Gasteiger partial charge in [0.25, 0.3) is 0 Å². The summed E-state index contributed by atoms with van der Waals surface area (Å²) in [4.78, 5) is 0. The highest BCUT2D eigenvalue weighted by Gasteiger charge is 2.28. The van der Waals surface area contributed by atoms with Crippen LogP contribution >= 0.6 is 22.7 Å². The van der Waals surface area contributed by atoms with E-state index in [1.165, 1.54) is 132 Å². The highest BCUT2D eigenvalue weighted by Crippen LogP contribution is 2.58. The first-order valence-corrected chi connectivity index (χ1v) is 17.3. The van der Waals surface area contributed by atoms with Crippen LogP contribution in [-0.2, 0) is 0 Å². The summed E-state index contributed by atoms with van der Waals surface area (Å²) in [5.41, 5.74) is 6.88. The topological polar surface area (TPSA) is 0 Å². The molecule has 0 unspecified atom stereocenters. The summed E-state index contributed by atoms with van der Waals surface area (Å²) in [7, 11) is 0. The van der Waals surface area contributed by atoms with Crippen LogP contribution < -0.4 is 0 Å². The molecule has 2 aliphatic carbocycles. The first kappa shape index (κ1) is 22.5. The molecule has 9 aromatic carbocycles. The van der Waals surface area contributed by atoms with E-state index in [0.29, 0.717) is 0 Å². The van der Waals surface area contributed by atoms with Gasteiger partial charge in [-0.2, -0.15) is 0 Å². The third-order valence-corrected chi connectivity index (χ3v) is 13.8. The van der Waals surface area contributed by atoms with Crippen LogP contribution in [0.25, 0.3) is 106 Å². The largest absolute Gasteiger partial charge is 0.133 e. The van der Waals surface area contributed by atoms with Gasteiger partial charge in [0.1, 0.15) is 0 Å². The maximum absolute atomic E-state index is 2.43. The molecule has 0 bridgehead atoms. The average Bonchev–Trinajstić information content (AvgIpc) is 3.88. The van der Waals surface area contributed by atoms with Crippen molar-refractivity contribution in [1.82, 2.24) is 0 Å². The molecule has 0 nitrogen and oxygen atoms in total. The van der Waals surface area contributed by atoms with Crippen molar-refractivity contribution in [2.75, 3.05) is 0 Å². The van der Waals surface area contributed by atoms with Gasteiger partial charge in [0.2, 0.25) is 0 Å². The van der Waals surface area contributed by atoms with Gasteiger partial charge in [0.15, 0.2) is 0 Å². The van der Waals surface area contributed by atoms with Crippen molar-refractivity contribution in [3.63, 3.8) is 0 Å². The predicted molar refractivity (Wildman–Crippen MR) is 196 cm³/mol. The number of hydrogen-bond acceptors (Lipinski definition) is 2. The SMILES string of the molecule is Cc1cc2c(c3ccccc13)=c1ccc3c4c1c=2ccc4c1sc2c(sc4c5ccc6c7c(ccc(c75)c42)-c2ccccc2-6)c31. The van der Waals surface area contributed by atoms with Crippen LogP contribution in [0.15, 0.2) is 103 Å². The van der Waals surface area contributed by atoms with E-state index in [-0.39, 0.29) is 0 Å². The molecule has 2 heteroatoms. The van der Waals surface area contributed by atoms with E-state index in [1.807, 2.05) is 22.7 Å². The van der Waals surface area contributed by atoms with Crippen LogP contribution in [0, 0.1) is 27.8 Å². The summed E-state index contributed by atoms with van der Waals surface area (Å²) in [6.07, 6.45) is 0. The van der Waals surface area contributed by atoms with Gasteiger partial charge in [0.05, 0.1) is 9.40 Å². The number of thiophene rings is 2. The molecule has 13 rings (SSSR count). The van der Waals surface area contributed by atoms with E-state index in [9.17, 15) is 0 Å². The fourth-order valence-corrected chi connectivity index (χ4v) is 12.5. The zero-order valence-electron chi connectivity index (χ0n) is 24.1. The molecule has 2 aliphatic rings. The standard InChI is InChI=1S/C43H20S2/c1-19-18-32-26-12-17-31-37-29(15-14-27(35(26)37)33(32)23-9-5-2-6-20(19)23)39-41(31)45-42-38-28-13-10-24-21-7-3-4-8-22(21)25-11-16-30(36(28)34(24)25)40(38)44-43(39)42/h2-18H,1H3. The van der Waals surface area contributed by atoms with Gasteiger partial charge in [-0.1, -0.05) is 103 Å². The van der Waals surface area contributed by atoms with E-state index >= 15 is 0 Å². The minimum Gasteiger partial charge on any atom is -0.133 e. The van der Waals surface area contributed by atoms with Crippen molar-refractivity contribution in [1.29, 1.82) is 0 Å². The molecule has 0 spiro atoms. The van der Waals surface area contributed by atoms with Crippen molar-refractivity contribution >= 4 is 106 Å². The highest BCUT2D eigenvalue weighted by atomic mass is 32.1. The summed E-state index contributed by atoms with van der Waals surface area (Å²) in [6.45, 7) is 2.26. The van der Waals surface area contributed by atoms with Crippen LogP contribution in [0.5, 0.6) is 0 Å². The number of fused-ring (bicyclic) bond motifs is 15. The molecular formula is C43H20S2. The minimum absolute atomic E-state index is 1.35. The quantitative estimate of drug-likeness (QED) is 0.162. The average molecular weight is 601 g/mol. The van der Waals surface area contributed by atoms with Gasteiger partial charge < -0.3 is 0 Å². The first-order chi connectivity index (χ1) is 22.3. The lowest BCUT2D eigenvalue weighted by Gasteiger charge is -2.03. The van der Waals surface area contributed by atoms with Gasteiger partial charge in [-0.05, 0) is 98.7 Å². The van der Waals surface area contributed by atoms with Crippen LogP contribution in [0.2, 0.25) is 0 Å². The van der Waals surface area contributed by atoms with Crippen molar-refractivity contribution in [2.45, 2.75) is 6.92 Å². The first-order valence-electron chi connectivity index (χ1n) is 15.7. The Labute approximate surface area is 263 Å². The van der Waals surface area contributed by atoms with Crippen LogP contribution in [0.1, 0.15) is 5.56 Å². The molecule has 0 fully saturated rings. The van der Waals surface area contributed by atoms with Gasteiger partial charge in [-0.3, -0.25) is 0 Å². The number of hydrogen-bond donors (Lipinski definition) is 0. The fraction of sp³-hybridized carbons (Fsp3) is 0.0233. The molecule has 0 radical (unpaired) electrons.